The van der Waals surface area contributed by atoms with E-state index in [1.54, 1.807) is 0 Å². The average molecular weight is 424 g/mol. The molecule has 0 aromatic carbocycles. The van der Waals surface area contributed by atoms with E-state index < -0.39 is 68.1 Å². The van der Waals surface area contributed by atoms with Gasteiger partial charge >= 0.3 is 11.9 Å². The number of ether oxygens (including phenoxy) is 4. The van der Waals surface area contributed by atoms with E-state index >= 15 is 0 Å². The number of unbranched alkanes of at least 4 members (excludes halogenated alkanes) is 2. The van der Waals surface area contributed by atoms with Gasteiger partial charge in [-0.15, -0.1) is 0 Å². The molecule has 1 fully saturated rings. The molecule has 0 bridgehead atoms. The topological polar surface area (TPSA) is 172 Å². The van der Waals surface area contributed by atoms with Crippen LogP contribution in [0.3, 0.4) is 0 Å². The molecule has 0 amide bonds. The Hall–Kier alpha value is -1.34. The summed E-state index contributed by atoms with van der Waals surface area (Å²) in [5, 5.41) is 48.5. The maximum atomic E-state index is 12.0. The lowest BCUT2D eigenvalue weighted by Gasteiger charge is -2.41. The fourth-order valence-electron chi connectivity index (χ4n) is 2.68. The molecule has 11 nitrogen and oxygen atoms in total. The van der Waals surface area contributed by atoms with E-state index in [-0.39, 0.29) is 13.0 Å². The normalized spacial score (nSPS) is 29.1. The maximum absolute atomic E-state index is 12.0. The Morgan fingerprint density at radius 3 is 2.38 bits per heavy atom. The molecule has 0 radical (unpaired) electrons. The van der Waals surface area contributed by atoms with Crippen LogP contribution in [-0.2, 0) is 28.5 Å². The first-order valence-corrected chi connectivity index (χ1v) is 9.64. The molecule has 7 atom stereocenters. The summed E-state index contributed by atoms with van der Waals surface area (Å²) in [7, 11) is 0. The van der Waals surface area contributed by atoms with Gasteiger partial charge in [0.25, 0.3) is 0 Å². The highest BCUT2D eigenvalue weighted by molar-refractivity contribution is 5.69. The van der Waals surface area contributed by atoms with Gasteiger partial charge in [0.1, 0.15) is 37.1 Å². The van der Waals surface area contributed by atoms with Crippen LogP contribution >= 0.6 is 0 Å². The number of rotatable bonds is 12. The summed E-state index contributed by atoms with van der Waals surface area (Å²) in [6, 6.07) is 0. The molecular formula is C18H32O11. The molecule has 29 heavy (non-hydrogen) atoms. The maximum Gasteiger partial charge on any atom is 0.306 e. The summed E-state index contributed by atoms with van der Waals surface area (Å²) in [6.45, 7) is 1.56. The van der Waals surface area contributed by atoms with Crippen LogP contribution in [-0.4, -0.2) is 100 Å². The molecule has 0 unspecified atom stereocenters. The fraction of sp³-hybridized carbons (Fsp3) is 0.889. The van der Waals surface area contributed by atoms with Crippen LogP contribution in [0.15, 0.2) is 0 Å². The van der Waals surface area contributed by atoms with E-state index in [0.717, 1.165) is 12.8 Å². The van der Waals surface area contributed by atoms with Crippen LogP contribution in [0.25, 0.3) is 0 Å². The van der Waals surface area contributed by atoms with Gasteiger partial charge in [-0.3, -0.25) is 9.59 Å². The lowest BCUT2D eigenvalue weighted by molar-refractivity contribution is -0.308. The van der Waals surface area contributed by atoms with E-state index in [2.05, 4.69) is 0 Å². The molecule has 0 aliphatic carbocycles. The smallest absolute Gasteiger partial charge is 0.306 e. The van der Waals surface area contributed by atoms with Crippen LogP contribution in [0.2, 0.25) is 0 Å². The third-order valence-corrected chi connectivity index (χ3v) is 4.41. The minimum absolute atomic E-state index is 0.124. The highest BCUT2D eigenvalue weighted by atomic mass is 16.7. The van der Waals surface area contributed by atoms with Crippen LogP contribution < -0.4 is 0 Å². The summed E-state index contributed by atoms with van der Waals surface area (Å²) in [4.78, 5) is 23.2. The van der Waals surface area contributed by atoms with Gasteiger partial charge in [-0.1, -0.05) is 19.8 Å². The number of aliphatic hydroxyl groups excluding tert-OH is 5. The van der Waals surface area contributed by atoms with Gasteiger partial charge in [0, 0.05) is 13.3 Å². The van der Waals surface area contributed by atoms with Crippen molar-refractivity contribution >= 4 is 11.9 Å². The van der Waals surface area contributed by atoms with Crippen molar-refractivity contribution in [3.8, 4) is 0 Å². The van der Waals surface area contributed by atoms with Gasteiger partial charge in [-0.05, 0) is 6.42 Å². The quantitative estimate of drug-likeness (QED) is 0.177. The molecule has 0 aromatic heterocycles. The number of esters is 2. The average Bonchev–Trinajstić information content (AvgIpc) is 2.69. The number of hydrogen-bond acceptors (Lipinski definition) is 11. The van der Waals surface area contributed by atoms with Crippen molar-refractivity contribution in [3.05, 3.63) is 0 Å². The van der Waals surface area contributed by atoms with Crippen molar-refractivity contribution in [2.45, 2.75) is 82.4 Å². The minimum Gasteiger partial charge on any atom is -0.463 e. The fourth-order valence-corrected chi connectivity index (χ4v) is 2.68. The molecule has 11 heteroatoms. The van der Waals surface area contributed by atoms with E-state index in [1.165, 1.54) is 6.92 Å². The van der Waals surface area contributed by atoms with Gasteiger partial charge in [0.2, 0.25) is 0 Å². The monoisotopic (exact) mass is 424 g/mol. The third kappa shape index (κ3) is 8.51. The molecule has 0 spiro atoms. The molecule has 0 aromatic rings. The first-order valence-electron chi connectivity index (χ1n) is 9.64. The predicted octanol–water partition coefficient (Wildman–Crippen LogP) is -1.78. The summed E-state index contributed by atoms with van der Waals surface area (Å²) in [5.41, 5.74) is 0. The largest absolute Gasteiger partial charge is 0.463 e. The van der Waals surface area contributed by atoms with Crippen molar-refractivity contribution in [2.75, 3.05) is 19.8 Å². The van der Waals surface area contributed by atoms with Gasteiger partial charge in [-0.2, -0.15) is 0 Å². The molecule has 1 saturated heterocycles. The van der Waals surface area contributed by atoms with Gasteiger partial charge in [-0.25, -0.2) is 0 Å². The van der Waals surface area contributed by atoms with Gasteiger partial charge < -0.3 is 44.5 Å². The second kappa shape index (κ2) is 13.1. The molecule has 170 valence electrons. The zero-order chi connectivity index (χ0) is 22.0. The van der Waals surface area contributed by atoms with E-state index in [0.29, 0.717) is 6.42 Å². The molecule has 1 rings (SSSR count). The number of hydrogen-bond donors (Lipinski definition) is 5. The molecular weight excluding hydrogens is 392 g/mol. The van der Waals surface area contributed by atoms with Crippen molar-refractivity contribution < 1.29 is 54.1 Å². The minimum atomic E-state index is -1.64. The first-order chi connectivity index (χ1) is 13.7. The lowest BCUT2D eigenvalue weighted by Crippen LogP contribution is -2.61. The van der Waals surface area contributed by atoms with Crippen molar-refractivity contribution in [1.29, 1.82) is 0 Å². The Labute approximate surface area is 169 Å². The molecule has 0 saturated carbocycles. The zero-order valence-electron chi connectivity index (χ0n) is 16.7. The highest BCUT2D eigenvalue weighted by Gasteiger charge is 2.47. The first kappa shape index (κ1) is 25.7. The van der Waals surface area contributed by atoms with Gasteiger partial charge in [0.05, 0.1) is 13.2 Å². The molecule has 1 aliphatic rings. The summed E-state index contributed by atoms with van der Waals surface area (Å²) in [5.74, 6) is -1.21. The Bertz CT molecular complexity index is 500. The van der Waals surface area contributed by atoms with E-state index in [9.17, 15) is 30.0 Å². The SMILES string of the molecule is CCCCCC(=O)O[C@H]1[C@H](O)[C@H](O)[C@H](OC[C@H](O)[C@H](O)CO)O[C@@H]1COC(C)=O. The van der Waals surface area contributed by atoms with Crippen molar-refractivity contribution in [2.24, 2.45) is 0 Å². The highest BCUT2D eigenvalue weighted by Crippen LogP contribution is 2.26. The Morgan fingerprint density at radius 2 is 1.79 bits per heavy atom. The van der Waals surface area contributed by atoms with Gasteiger partial charge in [0.15, 0.2) is 12.4 Å². The Balaban J connectivity index is 2.78. The predicted molar refractivity (Wildman–Crippen MR) is 96.4 cm³/mol. The standard InChI is InChI=1S/C18H32O11/c1-3-4-5-6-14(23)29-17-13(9-26-10(2)20)28-18(16(25)15(17)24)27-8-12(22)11(21)7-19/h11-13,15-19,21-22,24-25H,3-9H2,1-2H3/t11-,12+,13-,15-,16+,17-,18-/m1/s1. The second-order valence-electron chi connectivity index (χ2n) is 6.89. The van der Waals surface area contributed by atoms with Crippen molar-refractivity contribution in [1.82, 2.24) is 0 Å². The second-order valence-corrected chi connectivity index (χ2v) is 6.89. The third-order valence-electron chi connectivity index (χ3n) is 4.41. The Morgan fingerprint density at radius 1 is 1.10 bits per heavy atom. The van der Waals surface area contributed by atoms with E-state index in [1.807, 2.05) is 6.92 Å². The molecule has 1 heterocycles. The summed E-state index contributed by atoms with van der Waals surface area (Å²) >= 11 is 0. The lowest BCUT2D eigenvalue weighted by atomic mass is 9.98. The number of carbonyl (C=O) groups excluding carboxylic acids is 2. The number of aliphatic hydroxyl groups is 5. The van der Waals surface area contributed by atoms with E-state index in [4.69, 9.17) is 24.1 Å². The van der Waals surface area contributed by atoms with Crippen molar-refractivity contribution in [3.63, 3.8) is 0 Å². The van der Waals surface area contributed by atoms with Crippen LogP contribution in [0, 0.1) is 0 Å². The molecule has 5 N–H and O–H groups in total. The van der Waals surface area contributed by atoms with Crippen LogP contribution in [0.5, 0.6) is 0 Å². The van der Waals surface area contributed by atoms with Crippen LogP contribution in [0.1, 0.15) is 39.5 Å². The Kier molecular flexibility index (Phi) is 11.6. The summed E-state index contributed by atoms with van der Waals surface area (Å²) in [6.07, 6.45) is -7.60. The zero-order valence-corrected chi connectivity index (χ0v) is 16.7. The summed E-state index contributed by atoms with van der Waals surface area (Å²) < 4.78 is 20.8. The van der Waals surface area contributed by atoms with Crippen LogP contribution in [0.4, 0.5) is 0 Å². The molecule has 1 aliphatic heterocycles. The number of carbonyl (C=O) groups is 2.